The lowest BCUT2D eigenvalue weighted by molar-refractivity contribution is 0.0742. The van der Waals surface area contributed by atoms with Crippen LogP contribution in [0.25, 0.3) is 0 Å². The Morgan fingerprint density at radius 3 is 2.81 bits per heavy atom. The van der Waals surface area contributed by atoms with Crippen molar-refractivity contribution in [2.24, 2.45) is 0 Å². The van der Waals surface area contributed by atoms with E-state index < -0.39 is 0 Å². The average molecular weight is 368 g/mol. The van der Waals surface area contributed by atoms with Crippen LogP contribution in [0.4, 0.5) is 0 Å². The zero-order valence-corrected chi connectivity index (χ0v) is 14.5. The Labute approximate surface area is 137 Å². The van der Waals surface area contributed by atoms with Crippen molar-refractivity contribution in [1.82, 2.24) is 4.90 Å². The number of amides is 1. The Morgan fingerprint density at radius 2 is 2.19 bits per heavy atom. The second-order valence-corrected chi connectivity index (χ2v) is 6.34. The molecule has 2 aromatic rings. The number of rotatable bonds is 6. The lowest BCUT2D eigenvalue weighted by atomic mass is 10.1. The first-order valence-electron chi connectivity index (χ1n) is 6.79. The third-order valence-electron chi connectivity index (χ3n) is 3.14. The summed E-state index contributed by atoms with van der Waals surface area (Å²) >= 11 is 5.11. The number of hydrogen-bond acceptors (Lipinski definition) is 3. The minimum atomic E-state index is 0.0221. The summed E-state index contributed by atoms with van der Waals surface area (Å²) in [4.78, 5) is 14.7. The van der Waals surface area contributed by atoms with Crippen molar-refractivity contribution in [3.63, 3.8) is 0 Å². The maximum atomic E-state index is 12.8. The molecule has 1 aromatic heterocycles. The number of nitrogens with zero attached hydrogens (tertiary/aromatic N) is 1. The molecule has 21 heavy (non-hydrogen) atoms. The van der Waals surface area contributed by atoms with Gasteiger partial charge in [0.2, 0.25) is 0 Å². The van der Waals surface area contributed by atoms with E-state index >= 15 is 0 Å². The zero-order chi connectivity index (χ0) is 15.2. The highest BCUT2D eigenvalue weighted by atomic mass is 79.9. The number of methoxy groups -OCH3 is 1. The van der Waals surface area contributed by atoms with Gasteiger partial charge in [-0.3, -0.25) is 4.79 Å². The smallest absolute Gasteiger partial charge is 0.255 e. The number of carbonyl (C=O) groups excluding carboxylic acids is 1. The summed E-state index contributed by atoms with van der Waals surface area (Å²) in [5.74, 6) is 0.711. The molecule has 0 unspecified atom stereocenters. The van der Waals surface area contributed by atoms with E-state index in [1.165, 1.54) is 5.56 Å². The van der Waals surface area contributed by atoms with E-state index in [1.54, 1.807) is 24.5 Å². The molecule has 0 atom stereocenters. The molecule has 0 N–H and O–H groups in total. The first kappa shape index (κ1) is 16.0. The fourth-order valence-corrected chi connectivity index (χ4v) is 3.17. The van der Waals surface area contributed by atoms with Crippen molar-refractivity contribution in [2.45, 2.75) is 19.9 Å². The average Bonchev–Trinajstić information content (AvgIpc) is 3.00. The third kappa shape index (κ3) is 4.08. The largest absolute Gasteiger partial charge is 0.497 e. The van der Waals surface area contributed by atoms with Gasteiger partial charge in [0, 0.05) is 17.6 Å². The van der Waals surface area contributed by atoms with Crippen LogP contribution in [0.1, 0.15) is 29.3 Å². The van der Waals surface area contributed by atoms with Gasteiger partial charge in [0.1, 0.15) is 5.75 Å². The molecule has 2 rings (SSSR count). The molecule has 0 aliphatic carbocycles. The summed E-state index contributed by atoms with van der Waals surface area (Å²) in [7, 11) is 1.60. The van der Waals surface area contributed by atoms with Gasteiger partial charge in [-0.15, -0.1) is 0 Å². The van der Waals surface area contributed by atoms with E-state index in [9.17, 15) is 4.79 Å². The van der Waals surface area contributed by atoms with Gasteiger partial charge in [-0.05, 0) is 62.9 Å². The molecular formula is C16H18BrNO2S. The van der Waals surface area contributed by atoms with Gasteiger partial charge < -0.3 is 9.64 Å². The molecule has 1 aromatic carbocycles. The number of thiophene rings is 1. The van der Waals surface area contributed by atoms with Crippen molar-refractivity contribution in [3.05, 3.63) is 50.6 Å². The number of carbonyl (C=O) groups is 1. The van der Waals surface area contributed by atoms with Crippen molar-refractivity contribution in [2.75, 3.05) is 13.7 Å². The predicted octanol–water partition coefficient (Wildman–Crippen LogP) is 4.57. The topological polar surface area (TPSA) is 29.5 Å². The maximum Gasteiger partial charge on any atom is 0.255 e. The monoisotopic (exact) mass is 367 g/mol. The Hall–Kier alpha value is -1.33. The molecule has 1 amide bonds. The van der Waals surface area contributed by atoms with Crippen LogP contribution in [-0.4, -0.2) is 24.5 Å². The van der Waals surface area contributed by atoms with E-state index in [1.807, 2.05) is 22.4 Å². The van der Waals surface area contributed by atoms with Crippen molar-refractivity contribution < 1.29 is 9.53 Å². The quantitative estimate of drug-likeness (QED) is 0.748. The zero-order valence-electron chi connectivity index (χ0n) is 12.1. The van der Waals surface area contributed by atoms with Gasteiger partial charge in [-0.2, -0.15) is 11.3 Å². The normalized spacial score (nSPS) is 10.4. The van der Waals surface area contributed by atoms with Gasteiger partial charge in [0.15, 0.2) is 0 Å². The van der Waals surface area contributed by atoms with Crippen LogP contribution in [0, 0.1) is 0 Å². The molecule has 112 valence electrons. The van der Waals surface area contributed by atoms with Gasteiger partial charge in [0.05, 0.1) is 12.7 Å². The summed E-state index contributed by atoms with van der Waals surface area (Å²) in [5, 5.41) is 4.11. The summed E-state index contributed by atoms with van der Waals surface area (Å²) in [5.41, 5.74) is 1.80. The van der Waals surface area contributed by atoms with Gasteiger partial charge in [-0.1, -0.05) is 6.92 Å². The van der Waals surface area contributed by atoms with E-state index in [4.69, 9.17) is 4.74 Å². The highest BCUT2D eigenvalue weighted by molar-refractivity contribution is 9.10. The molecule has 0 aliphatic rings. The Bertz CT molecular complexity index is 598. The van der Waals surface area contributed by atoms with Crippen LogP contribution in [0.5, 0.6) is 5.75 Å². The summed E-state index contributed by atoms with van der Waals surface area (Å²) < 4.78 is 6.01. The summed E-state index contributed by atoms with van der Waals surface area (Å²) in [6, 6.07) is 7.52. The summed E-state index contributed by atoms with van der Waals surface area (Å²) in [6.45, 7) is 3.45. The first-order valence-corrected chi connectivity index (χ1v) is 8.53. The number of halogens is 1. The second kappa shape index (κ2) is 7.61. The minimum absolute atomic E-state index is 0.0221. The molecule has 3 nitrogen and oxygen atoms in total. The molecule has 0 bridgehead atoms. The Balaban J connectivity index is 2.25. The van der Waals surface area contributed by atoms with Crippen LogP contribution in [0.3, 0.4) is 0 Å². The van der Waals surface area contributed by atoms with Crippen LogP contribution in [0.2, 0.25) is 0 Å². The highest BCUT2D eigenvalue weighted by Crippen LogP contribution is 2.24. The molecule has 0 saturated heterocycles. The SMILES string of the molecule is CCCN(Cc1ccsc1)C(=O)c1cc(OC)ccc1Br. The van der Waals surface area contributed by atoms with Crippen LogP contribution in [0.15, 0.2) is 39.5 Å². The number of benzene rings is 1. The lowest BCUT2D eigenvalue weighted by Gasteiger charge is -2.22. The molecule has 5 heteroatoms. The van der Waals surface area contributed by atoms with Crippen LogP contribution < -0.4 is 4.74 Å². The Kier molecular flexibility index (Phi) is 5.82. The lowest BCUT2D eigenvalue weighted by Crippen LogP contribution is -2.31. The number of ether oxygens (including phenoxy) is 1. The fraction of sp³-hybridized carbons (Fsp3) is 0.312. The molecule has 0 aliphatic heterocycles. The molecule has 0 spiro atoms. The van der Waals surface area contributed by atoms with Crippen molar-refractivity contribution >= 4 is 33.2 Å². The van der Waals surface area contributed by atoms with E-state index in [-0.39, 0.29) is 5.91 Å². The summed E-state index contributed by atoms with van der Waals surface area (Å²) in [6.07, 6.45) is 0.928. The predicted molar refractivity (Wildman–Crippen MR) is 90.0 cm³/mol. The molecule has 0 fully saturated rings. The fourth-order valence-electron chi connectivity index (χ4n) is 2.09. The van der Waals surface area contributed by atoms with E-state index in [2.05, 4.69) is 34.3 Å². The van der Waals surface area contributed by atoms with Gasteiger partial charge >= 0.3 is 0 Å². The molecule has 0 radical (unpaired) electrons. The van der Waals surface area contributed by atoms with Crippen molar-refractivity contribution in [3.8, 4) is 5.75 Å². The van der Waals surface area contributed by atoms with Gasteiger partial charge in [-0.25, -0.2) is 0 Å². The highest BCUT2D eigenvalue weighted by Gasteiger charge is 2.19. The maximum absolute atomic E-state index is 12.8. The molecule has 1 heterocycles. The van der Waals surface area contributed by atoms with Gasteiger partial charge in [0.25, 0.3) is 5.91 Å². The van der Waals surface area contributed by atoms with E-state index in [0.717, 1.165) is 17.4 Å². The standard InChI is InChI=1S/C16H18BrNO2S/c1-3-7-18(10-12-6-8-21-11-12)16(19)14-9-13(20-2)4-5-15(14)17/h4-6,8-9,11H,3,7,10H2,1-2H3. The number of hydrogen-bond donors (Lipinski definition) is 0. The van der Waals surface area contributed by atoms with Crippen LogP contribution in [-0.2, 0) is 6.54 Å². The second-order valence-electron chi connectivity index (χ2n) is 4.70. The molecular weight excluding hydrogens is 350 g/mol. The van der Waals surface area contributed by atoms with E-state index in [0.29, 0.717) is 17.9 Å². The van der Waals surface area contributed by atoms with Crippen molar-refractivity contribution in [1.29, 1.82) is 0 Å². The molecule has 0 saturated carbocycles. The Morgan fingerprint density at radius 1 is 1.38 bits per heavy atom. The first-order chi connectivity index (χ1) is 10.2. The third-order valence-corrected chi connectivity index (χ3v) is 4.56. The minimum Gasteiger partial charge on any atom is -0.497 e. The van der Waals surface area contributed by atoms with Crippen LogP contribution >= 0.6 is 27.3 Å².